The van der Waals surface area contributed by atoms with E-state index in [9.17, 15) is 9.59 Å². The Hall–Kier alpha value is -2.32. The van der Waals surface area contributed by atoms with Crippen molar-refractivity contribution in [3.05, 3.63) is 64.1 Å². The van der Waals surface area contributed by atoms with E-state index in [0.29, 0.717) is 11.5 Å². The first kappa shape index (κ1) is 21.0. The van der Waals surface area contributed by atoms with Gasteiger partial charge in [0.05, 0.1) is 19.1 Å². The number of rotatable bonds is 9. The molecule has 0 aromatic heterocycles. The molecule has 0 aliphatic heterocycles. The summed E-state index contributed by atoms with van der Waals surface area (Å²) >= 11 is 5.00. The van der Waals surface area contributed by atoms with Crippen molar-refractivity contribution >= 4 is 45.8 Å². The lowest BCUT2D eigenvalue weighted by molar-refractivity contribution is -0.142. The summed E-state index contributed by atoms with van der Waals surface area (Å²) in [5, 5.41) is 3.94. The molecule has 0 spiro atoms. The lowest BCUT2D eigenvalue weighted by Crippen LogP contribution is -2.19. The van der Waals surface area contributed by atoms with Crippen molar-refractivity contribution in [2.45, 2.75) is 5.75 Å². The molecule has 6 nitrogen and oxygen atoms in total. The van der Waals surface area contributed by atoms with Gasteiger partial charge >= 0.3 is 5.97 Å². The largest absolute Gasteiger partial charge is 0.482 e. The van der Waals surface area contributed by atoms with Crippen molar-refractivity contribution in [2.75, 3.05) is 19.5 Å². The van der Waals surface area contributed by atoms with E-state index in [4.69, 9.17) is 4.74 Å². The minimum Gasteiger partial charge on any atom is -0.482 e. The van der Waals surface area contributed by atoms with E-state index in [1.807, 2.05) is 24.3 Å². The summed E-state index contributed by atoms with van der Waals surface area (Å²) in [5.41, 5.74) is 4.44. The van der Waals surface area contributed by atoms with E-state index in [-0.39, 0.29) is 12.5 Å². The Morgan fingerprint density at radius 1 is 1.19 bits per heavy atom. The van der Waals surface area contributed by atoms with Crippen LogP contribution in [0.3, 0.4) is 0 Å². The highest BCUT2D eigenvalue weighted by Crippen LogP contribution is 2.21. The number of hydrogen-bond acceptors (Lipinski definition) is 6. The number of esters is 1. The minimum absolute atomic E-state index is 0.142. The van der Waals surface area contributed by atoms with E-state index in [0.717, 1.165) is 21.4 Å². The fraction of sp³-hybridized carbons (Fsp3) is 0.211. The maximum absolute atomic E-state index is 11.8. The zero-order valence-electron chi connectivity index (χ0n) is 14.7. The summed E-state index contributed by atoms with van der Waals surface area (Å²) in [6, 6.07) is 14.9. The Kier molecular flexibility index (Phi) is 8.86. The van der Waals surface area contributed by atoms with E-state index in [1.165, 1.54) is 18.9 Å². The molecule has 0 unspecified atom stereocenters. The van der Waals surface area contributed by atoms with Crippen LogP contribution in [0.2, 0.25) is 0 Å². The average Bonchev–Trinajstić information content (AvgIpc) is 2.68. The third kappa shape index (κ3) is 7.84. The van der Waals surface area contributed by atoms with Crippen molar-refractivity contribution in [3.63, 3.8) is 0 Å². The molecule has 0 aliphatic carbocycles. The van der Waals surface area contributed by atoms with Gasteiger partial charge in [-0.2, -0.15) is 5.10 Å². The SMILES string of the molecule is COC(=O)COc1ccc(/C=N\NC(=O)CSCc2ccccc2Br)cc1. The number of hydrazone groups is 1. The highest BCUT2D eigenvalue weighted by Gasteiger charge is 2.03. The molecule has 2 aromatic carbocycles. The molecule has 0 radical (unpaired) electrons. The molecule has 0 saturated heterocycles. The number of methoxy groups -OCH3 is 1. The van der Waals surface area contributed by atoms with E-state index < -0.39 is 5.97 Å². The Bertz CT molecular complexity index is 797. The lowest BCUT2D eigenvalue weighted by Gasteiger charge is -2.05. The van der Waals surface area contributed by atoms with E-state index in [2.05, 4.69) is 31.2 Å². The Labute approximate surface area is 170 Å². The summed E-state index contributed by atoms with van der Waals surface area (Å²) < 4.78 is 10.8. The molecule has 0 bridgehead atoms. The first-order valence-electron chi connectivity index (χ1n) is 8.01. The Balaban J connectivity index is 1.70. The van der Waals surface area contributed by atoms with Crippen LogP contribution in [0.5, 0.6) is 5.75 Å². The molecule has 8 heteroatoms. The summed E-state index contributed by atoms with van der Waals surface area (Å²) in [6.45, 7) is -0.142. The number of thioether (sulfide) groups is 1. The maximum atomic E-state index is 11.8. The smallest absolute Gasteiger partial charge is 0.343 e. The van der Waals surface area contributed by atoms with Crippen molar-refractivity contribution in [1.82, 2.24) is 5.43 Å². The number of carbonyl (C=O) groups is 2. The summed E-state index contributed by atoms with van der Waals surface area (Å²) in [6.07, 6.45) is 1.54. The predicted octanol–water partition coefficient (Wildman–Crippen LogP) is 3.38. The first-order chi connectivity index (χ1) is 13.1. The van der Waals surface area contributed by atoms with Crippen molar-refractivity contribution in [2.24, 2.45) is 5.10 Å². The molecular formula is C19H19BrN2O4S. The van der Waals surface area contributed by atoms with Gasteiger partial charge in [0.1, 0.15) is 5.75 Å². The molecule has 2 aromatic rings. The number of carbonyl (C=O) groups excluding carboxylic acids is 2. The predicted molar refractivity (Wildman–Crippen MR) is 110 cm³/mol. The standard InChI is InChI=1S/C19H19BrN2O4S/c1-25-19(24)11-26-16-8-6-14(7-9-16)10-21-22-18(23)13-27-12-15-4-2-3-5-17(15)20/h2-10H,11-13H2,1H3,(H,22,23)/b21-10-. The fourth-order valence-electron chi connectivity index (χ4n) is 1.93. The fourth-order valence-corrected chi connectivity index (χ4v) is 3.37. The molecule has 0 fully saturated rings. The molecule has 2 rings (SSSR count). The van der Waals surface area contributed by atoms with Gasteiger partial charge in [-0.15, -0.1) is 11.8 Å². The monoisotopic (exact) mass is 450 g/mol. The number of benzene rings is 2. The zero-order valence-corrected chi connectivity index (χ0v) is 17.1. The summed E-state index contributed by atoms with van der Waals surface area (Å²) in [7, 11) is 1.30. The minimum atomic E-state index is -0.444. The van der Waals surface area contributed by atoms with Gasteiger partial charge in [0.15, 0.2) is 6.61 Å². The second kappa shape index (κ2) is 11.4. The highest BCUT2D eigenvalue weighted by atomic mass is 79.9. The zero-order chi connectivity index (χ0) is 19.5. The third-order valence-corrected chi connectivity index (χ3v) is 5.07. The van der Waals surface area contributed by atoms with Crippen LogP contribution in [0, 0.1) is 0 Å². The van der Waals surface area contributed by atoms with Crippen molar-refractivity contribution in [3.8, 4) is 5.75 Å². The molecule has 27 heavy (non-hydrogen) atoms. The van der Waals surface area contributed by atoms with Gasteiger partial charge in [0, 0.05) is 10.2 Å². The van der Waals surface area contributed by atoms with E-state index >= 15 is 0 Å². The molecule has 142 valence electrons. The number of amides is 1. The van der Waals surface area contributed by atoms with Gasteiger partial charge in [-0.05, 0) is 41.5 Å². The Morgan fingerprint density at radius 3 is 2.63 bits per heavy atom. The Morgan fingerprint density at radius 2 is 1.93 bits per heavy atom. The summed E-state index contributed by atoms with van der Waals surface area (Å²) in [4.78, 5) is 22.8. The van der Waals surface area contributed by atoms with Gasteiger partial charge in [-0.3, -0.25) is 4.79 Å². The molecular weight excluding hydrogens is 432 g/mol. The molecule has 0 saturated carbocycles. The number of hydrogen-bond donors (Lipinski definition) is 1. The topological polar surface area (TPSA) is 77.0 Å². The second-order valence-electron chi connectivity index (χ2n) is 5.31. The van der Waals surface area contributed by atoms with Gasteiger partial charge in [0.25, 0.3) is 0 Å². The quantitative estimate of drug-likeness (QED) is 0.359. The van der Waals surface area contributed by atoms with Gasteiger partial charge in [0.2, 0.25) is 5.91 Å². The molecule has 0 heterocycles. The lowest BCUT2D eigenvalue weighted by atomic mass is 10.2. The highest BCUT2D eigenvalue weighted by molar-refractivity contribution is 9.10. The molecule has 0 aliphatic rings. The molecule has 0 atom stereocenters. The first-order valence-corrected chi connectivity index (χ1v) is 9.96. The van der Waals surface area contributed by atoms with Crippen LogP contribution >= 0.6 is 27.7 Å². The van der Waals surface area contributed by atoms with Gasteiger partial charge < -0.3 is 9.47 Å². The van der Waals surface area contributed by atoms with Crippen molar-refractivity contribution in [1.29, 1.82) is 0 Å². The molecule has 1 N–H and O–H groups in total. The van der Waals surface area contributed by atoms with Gasteiger partial charge in [-0.25, -0.2) is 10.2 Å². The van der Waals surface area contributed by atoms with Gasteiger partial charge in [-0.1, -0.05) is 34.1 Å². The average molecular weight is 451 g/mol. The number of nitrogens with one attached hydrogen (secondary N) is 1. The third-order valence-electron chi connectivity index (χ3n) is 3.32. The maximum Gasteiger partial charge on any atom is 0.343 e. The summed E-state index contributed by atoms with van der Waals surface area (Å²) in [5.74, 6) is 0.997. The number of nitrogens with zero attached hydrogens (tertiary/aromatic N) is 1. The van der Waals surface area contributed by atoms with Crippen LogP contribution in [0.1, 0.15) is 11.1 Å². The number of ether oxygens (including phenoxy) is 2. The van der Waals surface area contributed by atoms with Crippen LogP contribution in [0.25, 0.3) is 0 Å². The van der Waals surface area contributed by atoms with Crippen LogP contribution in [-0.2, 0) is 20.1 Å². The van der Waals surface area contributed by atoms with Crippen molar-refractivity contribution < 1.29 is 19.1 Å². The van der Waals surface area contributed by atoms with Crippen LogP contribution < -0.4 is 10.2 Å². The van der Waals surface area contributed by atoms with Crippen LogP contribution in [0.15, 0.2) is 58.1 Å². The normalized spacial score (nSPS) is 10.6. The molecule has 1 amide bonds. The number of halogens is 1. The van der Waals surface area contributed by atoms with Crippen LogP contribution in [0.4, 0.5) is 0 Å². The van der Waals surface area contributed by atoms with Crippen LogP contribution in [-0.4, -0.2) is 37.6 Å². The van der Waals surface area contributed by atoms with E-state index in [1.54, 1.807) is 30.5 Å². The second-order valence-corrected chi connectivity index (χ2v) is 7.15.